The highest BCUT2D eigenvalue weighted by Crippen LogP contribution is 2.09. The lowest BCUT2D eigenvalue weighted by molar-refractivity contribution is 0.101. The molecule has 0 aliphatic heterocycles. The average molecular weight is 212 g/mol. The van der Waals surface area contributed by atoms with E-state index < -0.39 is 6.10 Å². The van der Waals surface area contributed by atoms with E-state index in [4.69, 9.17) is 4.74 Å². The van der Waals surface area contributed by atoms with Gasteiger partial charge in [-0.05, 0) is 12.8 Å². The van der Waals surface area contributed by atoms with Gasteiger partial charge in [0.15, 0.2) is 0 Å². The molecule has 4 nitrogen and oxygen atoms in total. The van der Waals surface area contributed by atoms with E-state index in [1.165, 1.54) is 0 Å². The van der Waals surface area contributed by atoms with Crippen molar-refractivity contribution in [3.63, 3.8) is 0 Å². The Kier molecular flexibility index (Phi) is 4.78. The van der Waals surface area contributed by atoms with Crippen LogP contribution in [-0.2, 0) is 11.3 Å². The van der Waals surface area contributed by atoms with Gasteiger partial charge in [0.2, 0.25) is 0 Å². The number of aliphatic hydroxyl groups is 1. The Bertz CT molecular complexity index is 282. The van der Waals surface area contributed by atoms with Crippen molar-refractivity contribution in [3.8, 4) is 0 Å². The molecule has 0 aliphatic carbocycles. The molecule has 1 unspecified atom stereocenters. The summed E-state index contributed by atoms with van der Waals surface area (Å²) >= 11 is 0. The number of hydrogen-bond donors (Lipinski definition) is 1. The van der Waals surface area contributed by atoms with Crippen LogP contribution in [0.5, 0.6) is 0 Å². The molecule has 0 spiro atoms. The maximum absolute atomic E-state index is 9.30. The van der Waals surface area contributed by atoms with Crippen molar-refractivity contribution in [2.45, 2.75) is 33.4 Å². The Morgan fingerprint density at radius 2 is 2.20 bits per heavy atom. The number of rotatable bonds is 6. The minimum Gasteiger partial charge on any atom is -0.389 e. The first-order valence-electron chi connectivity index (χ1n) is 5.37. The molecule has 0 aliphatic rings. The molecule has 0 amide bonds. The first-order chi connectivity index (χ1) is 7.09. The maximum atomic E-state index is 9.30. The third-order valence-electron chi connectivity index (χ3n) is 2.05. The maximum Gasteiger partial charge on any atom is 0.0792 e. The van der Waals surface area contributed by atoms with E-state index in [2.05, 4.69) is 18.9 Å². The van der Waals surface area contributed by atoms with E-state index in [1.54, 1.807) is 17.8 Å². The van der Waals surface area contributed by atoms with Crippen molar-refractivity contribution in [2.24, 2.45) is 5.92 Å². The quantitative estimate of drug-likeness (QED) is 0.729. The van der Waals surface area contributed by atoms with Crippen LogP contribution < -0.4 is 0 Å². The van der Waals surface area contributed by atoms with Crippen molar-refractivity contribution in [1.29, 1.82) is 0 Å². The smallest absolute Gasteiger partial charge is 0.0792 e. The molecule has 1 rings (SSSR count). The van der Waals surface area contributed by atoms with Gasteiger partial charge in [0.05, 0.1) is 25.5 Å². The van der Waals surface area contributed by atoms with Gasteiger partial charge in [-0.3, -0.25) is 4.68 Å². The zero-order valence-corrected chi connectivity index (χ0v) is 9.68. The number of nitrogens with zero attached hydrogens (tertiary/aromatic N) is 2. The predicted octanol–water partition coefficient (Wildman–Crippen LogP) is 1.61. The van der Waals surface area contributed by atoms with Gasteiger partial charge in [-0.2, -0.15) is 5.10 Å². The van der Waals surface area contributed by atoms with Crippen molar-refractivity contribution in [2.75, 3.05) is 13.2 Å². The highest BCUT2D eigenvalue weighted by molar-refractivity contribution is 5.06. The van der Waals surface area contributed by atoms with Crippen LogP contribution in [0.3, 0.4) is 0 Å². The molecule has 1 aromatic heterocycles. The summed E-state index contributed by atoms with van der Waals surface area (Å²) in [6.45, 7) is 8.17. The lowest BCUT2D eigenvalue weighted by Crippen LogP contribution is -2.09. The van der Waals surface area contributed by atoms with Crippen LogP contribution in [0.15, 0.2) is 12.4 Å². The van der Waals surface area contributed by atoms with Gasteiger partial charge < -0.3 is 9.84 Å². The lowest BCUT2D eigenvalue weighted by Gasteiger charge is -2.06. The zero-order chi connectivity index (χ0) is 11.3. The predicted molar refractivity (Wildman–Crippen MR) is 58.5 cm³/mol. The average Bonchev–Trinajstić information content (AvgIpc) is 2.60. The second-order valence-electron chi connectivity index (χ2n) is 4.18. The molecular formula is C11H20N2O2. The van der Waals surface area contributed by atoms with E-state index in [1.807, 2.05) is 6.20 Å². The number of aromatic nitrogens is 2. The van der Waals surface area contributed by atoms with Crippen LogP contribution in [0.1, 0.15) is 32.4 Å². The molecular weight excluding hydrogens is 192 g/mol. The van der Waals surface area contributed by atoms with Crippen molar-refractivity contribution >= 4 is 0 Å². The number of ether oxygens (including phenoxy) is 1. The van der Waals surface area contributed by atoms with Gasteiger partial charge >= 0.3 is 0 Å². The summed E-state index contributed by atoms with van der Waals surface area (Å²) in [4.78, 5) is 0. The first-order valence-corrected chi connectivity index (χ1v) is 5.37. The zero-order valence-electron chi connectivity index (χ0n) is 9.68. The van der Waals surface area contributed by atoms with Gasteiger partial charge in [-0.15, -0.1) is 0 Å². The summed E-state index contributed by atoms with van der Waals surface area (Å²) in [5.74, 6) is 0.565. The van der Waals surface area contributed by atoms with Crippen LogP contribution >= 0.6 is 0 Å². The third kappa shape index (κ3) is 4.44. The Balaban J connectivity index is 2.26. The van der Waals surface area contributed by atoms with Gasteiger partial charge in [-0.25, -0.2) is 0 Å². The Morgan fingerprint density at radius 3 is 2.73 bits per heavy atom. The molecule has 1 atom stereocenters. The second kappa shape index (κ2) is 5.88. The molecule has 0 saturated heterocycles. The van der Waals surface area contributed by atoms with E-state index in [0.29, 0.717) is 12.5 Å². The largest absolute Gasteiger partial charge is 0.389 e. The molecule has 15 heavy (non-hydrogen) atoms. The monoisotopic (exact) mass is 212 g/mol. The summed E-state index contributed by atoms with van der Waals surface area (Å²) in [6.07, 6.45) is 3.09. The lowest BCUT2D eigenvalue weighted by atomic mass is 10.2. The van der Waals surface area contributed by atoms with Crippen molar-refractivity contribution in [1.82, 2.24) is 9.78 Å². The van der Waals surface area contributed by atoms with Crippen molar-refractivity contribution < 1.29 is 9.84 Å². The van der Waals surface area contributed by atoms with E-state index >= 15 is 0 Å². The number of aliphatic hydroxyl groups excluding tert-OH is 1. The van der Waals surface area contributed by atoms with Crippen LogP contribution in [0.25, 0.3) is 0 Å². The molecule has 0 bridgehead atoms. The first kappa shape index (κ1) is 12.2. The second-order valence-corrected chi connectivity index (χ2v) is 4.18. The Labute approximate surface area is 90.9 Å². The van der Waals surface area contributed by atoms with Crippen LogP contribution in [0.4, 0.5) is 0 Å². The summed E-state index contributed by atoms with van der Waals surface area (Å²) in [7, 11) is 0. The summed E-state index contributed by atoms with van der Waals surface area (Å²) in [5.41, 5.74) is 0.846. The molecule has 0 fully saturated rings. The summed E-state index contributed by atoms with van der Waals surface area (Å²) < 4.78 is 7.24. The topological polar surface area (TPSA) is 47.3 Å². The van der Waals surface area contributed by atoms with Gasteiger partial charge in [0.25, 0.3) is 0 Å². The van der Waals surface area contributed by atoms with Crippen molar-refractivity contribution in [3.05, 3.63) is 18.0 Å². The standard InChI is InChI=1S/C11H20N2O2/c1-9(2)8-15-5-4-13-7-11(6-12-13)10(3)14/h6-7,9-10,14H,4-5,8H2,1-3H3. The normalized spacial score (nSPS) is 13.4. The third-order valence-corrected chi connectivity index (χ3v) is 2.05. The highest BCUT2D eigenvalue weighted by Gasteiger charge is 2.03. The molecule has 0 radical (unpaired) electrons. The number of hydrogen-bond acceptors (Lipinski definition) is 3. The Hall–Kier alpha value is -0.870. The fourth-order valence-corrected chi connectivity index (χ4v) is 1.19. The van der Waals surface area contributed by atoms with E-state index in [9.17, 15) is 5.11 Å². The highest BCUT2D eigenvalue weighted by atomic mass is 16.5. The molecule has 1 heterocycles. The Morgan fingerprint density at radius 1 is 1.47 bits per heavy atom. The molecule has 0 saturated carbocycles. The SMILES string of the molecule is CC(C)COCCn1cc(C(C)O)cn1. The van der Waals surface area contributed by atoms with Crippen LogP contribution in [0, 0.1) is 5.92 Å². The van der Waals surface area contributed by atoms with Crippen LogP contribution in [-0.4, -0.2) is 28.1 Å². The minimum absolute atomic E-state index is 0.449. The summed E-state index contributed by atoms with van der Waals surface area (Å²) in [6, 6.07) is 0. The minimum atomic E-state index is -0.449. The molecule has 1 N–H and O–H groups in total. The van der Waals surface area contributed by atoms with Gasteiger partial charge in [-0.1, -0.05) is 13.8 Å². The summed E-state index contributed by atoms with van der Waals surface area (Å²) in [5, 5.41) is 13.4. The van der Waals surface area contributed by atoms with E-state index in [-0.39, 0.29) is 0 Å². The molecule has 0 aromatic carbocycles. The fourth-order valence-electron chi connectivity index (χ4n) is 1.19. The van der Waals surface area contributed by atoms with Gasteiger partial charge in [0, 0.05) is 18.4 Å². The van der Waals surface area contributed by atoms with E-state index in [0.717, 1.165) is 18.7 Å². The van der Waals surface area contributed by atoms with Gasteiger partial charge in [0.1, 0.15) is 0 Å². The molecule has 1 aromatic rings. The fraction of sp³-hybridized carbons (Fsp3) is 0.727. The molecule has 86 valence electrons. The van der Waals surface area contributed by atoms with Crippen LogP contribution in [0.2, 0.25) is 0 Å². The molecule has 4 heteroatoms.